The monoisotopic (exact) mass is 224 g/mol. The predicted molar refractivity (Wildman–Crippen MR) is 61.3 cm³/mol. The maximum atomic E-state index is 4.46. The molecule has 0 bridgehead atoms. The van der Waals surface area contributed by atoms with Crippen LogP contribution >= 0.6 is 11.5 Å². The first-order valence-electron chi connectivity index (χ1n) is 5.59. The smallest absolute Gasteiger partial charge is 0.205 e. The van der Waals surface area contributed by atoms with Gasteiger partial charge in [0, 0.05) is 24.6 Å². The first-order chi connectivity index (χ1) is 7.33. The largest absolute Gasteiger partial charge is 0.347 e. The summed E-state index contributed by atoms with van der Waals surface area (Å²) in [5.74, 6) is 2.62. The molecule has 2 atom stereocenters. The second-order valence-corrected chi connectivity index (χ2v) is 5.27. The van der Waals surface area contributed by atoms with E-state index in [2.05, 4.69) is 19.6 Å². The van der Waals surface area contributed by atoms with E-state index in [0.717, 1.165) is 35.9 Å². The lowest BCUT2D eigenvalue weighted by Gasteiger charge is -2.33. The van der Waals surface area contributed by atoms with E-state index < -0.39 is 0 Å². The van der Waals surface area contributed by atoms with Gasteiger partial charge in [0.25, 0.3) is 0 Å². The number of aryl methyl sites for hydroxylation is 1. The Morgan fingerprint density at radius 1 is 1.40 bits per heavy atom. The molecule has 3 heterocycles. The van der Waals surface area contributed by atoms with E-state index in [4.69, 9.17) is 0 Å². The number of rotatable bonds is 1. The number of nitrogens with zero attached hydrogens (tertiary/aromatic N) is 3. The van der Waals surface area contributed by atoms with Crippen LogP contribution in [0.25, 0.3) is 0 Å². The van der Waals surface area contributed by atoms with Crippen LogP contribution in [-0.2, 0) is 0 Å². The van der Waals surface area contributed by atoms with E-state index in [1.807, 2.05) is 6.92 Å². The van der Waals surface area contributed by atoms with E-state index in [9.17, 15) is 0 Å². The zero-order valence-corrected chi connectivity index (χ0v) is 9.76. The third-order valence-corrected chi connectivity index (χ3v) is 4.36. The molecule has 2 aliphatic rings. The van der Waals surface area contributed by atoms with Crippen molar-refractivity contribution in [3.8, 4) is 0 Å². The zero-order valence-electron chi connectivity index (χ0n) is 8.94. The Balaban J connectivity index is 1.73. The summed E-state index contributed by atoms with van der Waals surface area (Å²) in [6.07, 6.45) is 1.30. The zero-order chi connectivity index (χ0) is 10.3. The van der Waals surface area contributed by atoms with Crippen molar-refractivity contribution in [1.82, 2.24) is 14.7 Å². The second-order valence-electron chi connectivity index (χ2n) is 4.54. The summed E-state index contributed by atoms with van der Waals surface area (Å²) < 4.78 is 4.25. The average molecular weight is 224 g/mol. The van der Waals surface area contributed by atoms with Crippen LogP contribution in [0.4, 0.5) is 5.13 Å². The number of hydrogen-bond donors (Lipinski definition) is 1. The molecule has 2 aliphatic heterocycles. The van der Waals surface area contributed by atoms with Crippen molar-refractivity contribution in [2.45, 2.75) is 13.3 Å². The Labute approximate surface area is 93.9 Å². The quantitative estimate of drug-likeness (QED) is 0.769. The minimum atomic E-state index is 0.822. The minimum Gasteiger partial charge on any atom is -0.347 e. The summed E-state index contributed by atoms with van der Waals surface area (Å²) in [5.41, 5.74) is 0. The van der Waals surface area contributed by atoms with E-state index in [1.54, 1.807) is 0 Å². The van der Waals surface area contributed by atoms with Crippen molar-refractivity contribution in [3.63, 3.8) is 0 Å². The van der Waals surface area contributed by atoms with Crippen LogP contribution in [0.5, 0.6) is 0 Å². The van der Waals surface area contributed by atoms with Gasteiger partial charge in [0.05, 0.1) is 0 Å². The van der Waals surface area contributed by atoms with Gasteiger partial charge in [-0.2, -0.15) is 4.37 Å². The molecule has 0 saturated carbocycles. The molecule has 4 nitrogen and oxygen atoms in total. The molecule has 5 heteroatoms. The Morgan fingerprint density at radius 3 is 3.07 bits per heavy atom. The van der Waals surface area contributed by atoms with Crippen molar-refractivity contribution in [1.29, 1.82) is 0 Å². The number of hydrogen-bond acceptors (Lipinski definition) is 5. The molecule has 3 rings (SSSR count). The molecule has 0 aromatic carbocycles. The fourth-order valence-electron chi connectivity index (χ4n) is 2.62. The van der Waals surface area contributed by atoms with Gasteiger partial charge in [0.15, 0.2) is 0 Å². The van der Waals surface area contributed by atoms with Gasteiger partial charge in [0.2, 0.25) is 5.13 Å². The van der Waals surface area contributed by atoms with Crippen LogP contribution in [-0.4, -0.2) is 35.5 Å². The molecule has 0 amide bonds. The van der Waals surface area contributed by atoms with Gasteiger partial charge in [-0.1, -0.05) is 0 Å². The normalized spacial score (nSPS) is 30.6. The lowest BCUT2D eigenvalue weighted by atomic mass is 9.89. The summed E-state index contributed by atoms with van der Waals surface area (Å²) in [4.78, 5) is 6.86. The molecule has 1 aromatic rings. The Morgan fingerprint density at radius 2 is 2.27 bits per heavy atom. The molecule has 15 heavy (non-hydrogen) atoms. The predicted octanol–water partition coefficient (Wildman–Crippen LogP) is 0.892. The highest BCUT2D eigenvalue weighted by molar-refractivity contribution is 7.09. The molecular formula is C10H16N4S. The molecule has 82 valence electrons. The summed E-state index contributed by atoms with van der Waals surface area (Å²) in [5, 5.41) is 4.59. The van der Waals surface area contributed by atoms with Gasteiger partial charge in [0.1, 0.15) is 5.82 Å². The average Bonchev–Trinajstić information content (AvgIpc) is 2.84. The molecule has 1 aromatic heterocycles. The van der Waals surface area contributed by atoms with Crippen molar-refractivity contribution in [3.05, 3.63) is 5.82 Å². The highest BCUT2D eigenvalue weighted by atomic mass is 32.1. The maximum Gasteiger partial charge on any atom is 0.205 e. The van der Waals surface area contributed by atoms with Gasteiger partial charge < -0.3 is 10.2 Å². The molecule has 0 radical (unpaired) electrons. The molecule has 0 spiro atoms. The second kappa shape index (κ2) is 3.72. The van der Waals surface area contributed by atoms with Crippen molar-refractivity contribution < 1.29 is 0 Å². The van der Waals surface area contributed by atoms with Crippen LogP contribution in [0.1, 0.15) is 12.2 Å². The summed E-state index contributed by atoms with van der Waals surface area (Å²) in [6.45, 7) is 6.67. The molecule has 0 aliphatic carbocycles. The number of anilines is 1. The van der Waals surface area contributed by atoms with Gasteiger partial charge in [-0.15, -0.1) is 0 Å². The molecule has 2 unspecified atom stereocenters. The molecule has 2 fully saturated rings. The fraction of sp³-hybridized carbons (Fsp3) is 0.800. The summed E-state index contributed by atoms with van der Waals surface area (Å²) in [6, 6.07) is 0. The summed E-state index contributed by atoms with van der Waals surface area (Å²) in [7, 11) is 0. The van der Waals surface area contributed by atoms with Gasteiger partial charge in [-0.05, 0) is 38.3 Å². The van der Waals surface area contributed by atoms with Crippen molar-refractivity contribution >= 4 is 16.7 Å². The van der Waals surface area contributed by atoms with Crippen LogP contribution in [0.2, 0.25) is 0 Å². The van der Waals surface area contributed by atoms with E-state index in [-0.39, 0.29) is 0 Å². The van der Waals surface area contributed by atoms with Crippen LogP contribution in [0.3, 0.4) is 0 Å². The first kappa shape index (κ1) is 9.54. The van der Waals surface area contributed by atoms with Crippen LogP contribution in [0.15, 0.2) is 0 Å². The number of piperidine rings is 1. The third kappa shape index (κ3) is 1.74. The van der Waals surface area contributed by atoms with Crippen molar-refractivity contribution in [2.24, 2.45) is 11.8 Å². The highest BCUT2D eigenvalue weighted by Gasteiger charge is 2.33. The SMILES string of the molecule is Cc1nsc(N2CCC3CNCC3C2)n1. The number of aromatic nitrogens is 2. The standard InChI is InChI=1S/C10H16N4S/c1-7-12-10(15-13-7)14-3-2-8-4-11-5-9(8)6-14/h8-9,11H,2-6H2,1H3. The van der Waals surface area contributed by atoms with E-state index in [0.29, 0.717) is 0 Å². The van der Waals surface area contributed by atoms with Gasteiger partial charge >= 0.3 is 0 Å². The highest BCUT2D eigenvalue weighted by Crippen LogP contribution is 2.30. The Bertz CT molecular complexity index is 351. The molecule has 1 N–H and O–H groups in total. The topological polar surface area (TPSA) is 41.1 Å². The molecule has 2 saturated heterocycles. The van der Waals surface area contributed by atoms with E-state index >= 15 is 0 Å². The van der Waals surface area contributed by atoms with E-state index in [1.165, 1.54) is 31.0 Å². The molecular weight excluding hydrogens is 208 g/mol. The first-order valence-corrected chi connectivity index (χ1v) is 6.36. The van der Waals surface area contributed by atoms with Crippen molar-refractivity contribution in [2.75, 3.05) is 31.1 Å². The Hall–Kier alpha value is -0.680. The van der Waals surface area contributed by atoms with Gasteiger partial charge in [-0.25, -0.2) is 4.98 Å². The van der Waals surface area contributed by atoms with Crippen LogP contribution in [0, 0.1) is 18.8 Å². The lowest BCUT2D eigenvalue weighted by molar-refractivity contribution is 0.348. The van der Waals surface area contributed by atoms with Gasteiger partial charge in [-0.3, -0.25) is 0 Å². The lowest BCUT2D eigenvalue weighted by Crippen LogP contribution is -2.39. The number of nitrogens with one attached hydrogen (secondary N) is 1. The summed E-state index contributed by atoms with van der Waals surface area (Å²) >= 11 is 1.53. The van der Waals surface area contributed by atoms with Crippen LogP contribution < -0.4 is 10.2 Å². The Kier molecular flexibility index (Phi) is 2.36. The number of fused-ring (bicyclic) bond motifs is 1. The third-order valence-electron chi connectivity index (χ3n) is 3.49. The minimum absolute atomic E-state index is 0.822. The fourth-order valence-corrected chi connectivity index (χ4v) is 3.33. The maximum absolute atomic E-state index is 4.46.